The van der Waals surface area contributed by atoms with Crippen molar-refractivity contribution >= 4 is 21.9 Å². The van der Waals surface area contributed by atoms with E-state index in [-0.39, 0.29) is 11.4 Å². The summed E-state index contributed by atoms with van der Waals surface area (Å²) in [5, 5.41) is 2.34. The molecule has 0 aromatic heterocycles. The highest BCUT2D eigenvalue weighted by Crippen LogP contribution is 2.26. The van der Waals surface area contributed by atoms with Gasteiger partial charge in [0.2, 0.25) is 10.0 Å². The molecule has 0 saturated heterocycles. The minimum Gasteiger partial charge on any atom is -0.454 e. The molecule has 7 nitrogen and oxygen atoms in total. The number of carbonyl (C=O) groups is 2. The van der Waals surface area contributed by atoms with E-state index in [4.69, 9.17) is 11.2 Å². The lowest BCUT2D eigenvalue weighted by molar-refractivity contribution is -0.149. The first kappa shape index (κ1) is 21.7. The lowest BCUT2D eigenvalue weighted by Crippen LogP contribution is -2.41. The van der Waals surface area contributed by atoms with Crippen LogP contribution in [0.4, 0.5) is 0 Å². The van der Waals surface area contributed by atoms with Crippen LogP contribution in [0.25, 0.3) is 0 Å². The fourth-order valence-electron chi connectivity index (χ4n) is 2.39. The Morgan fingerprint density at radius 3 is 2.23 bits per heavy atom. The maximum absolute atomic E-state index is 12.8. The lowest BCUT2D eigenvalue weighted by atomic mass is 10.0. The molecule has 1 atom stereocenters. The van der Waals surface area contributed by atoms with Gasteiger partial charge in [-0.3, -0.25) is 9.59 Å². The summed E-state index contributed by atoms with van der Waals surface area (Å²) in [4.78, 5) is 23.5. The van der Waals surface area contributed by atoms with E-state index in [1.54, 1.807) is 13.8 Å². The second-order valence-electron chi connectivity index (χ2n) is 6.02. The molecule has 1 rings (SSSR count). The second kappa shape index (κ2) is 8.83. The van der Waals surface area contributed by atoms with Crippen molar-refractivity contribution in [2.45, 2.75) is 45.6 Å². The molecule has 0 bridgehead atoms. The average Bonchev–Trinajstić information content (AvgIpc) is 2.55. The Bertz CT molecular complexity index is 827. The molecule has 0 unspecified atom stereocenters. The molecule has 26 heavy (non-hydrogen) atoms. The number of benzene rings is 1. The SMILES string of the molecule is C#CCNC(=O)COC(=O)[C@@H](C)NS(=O)(=O)c1c(C)c(C)cc(C)c1C. The van der Waals surface area contributed by atoms with Crippen molar-refractivity contribution in [1.29, 1.82) is 0 Å². The number of rotatable bonds is 7. The van der Waals surface area contributed by atoms with Gasteiger partial charge in [-0.2, -0.15) is 4.72 Å². The molecule has 0 radical (unpaired) electrons. The van der Waals surface area contributed by atoms with E-state index in [0.717, 1.165) is 11.1 Å². The van der Waals surface area contributed by atoms with Gasteiger partial charge < -0.3 is 10.1 Å². The van der Waals surface area contributed by atoms with Crippen molar-refractivity contribution in [3.8, 4) is 12.3 Å². The molecule has 0 saturated carbocycles. The number of amides is 1. The summed E-state index contributed by atoms with van der Waals surface area (Å²) in [5.41, 5.74) is 2.92. The molecule has 2 N–H and O–H groups in total. The van der Waals surface area contributed by atoms with Gasteiger partial charge in [-0.1, -0.05) is 12.0 Å². The highest BCUT2D eigenvalue weighted by Gasteiger charge is 2.27. The Hall–Kier alpha value is -2.37. The summed E-state index contributed by atoms with van der Waals surface area (Å²) < 4.78 is 32.6. The topological polar surface area (TPSA) is 102 Å². The van der Waals surface area contributed by atoms with E-state index in [1.807, 2.05) is 19.9 Å². The Labute approximate surface area is 154 Å². The quantitative estimate of drug-likeness (QED) is 0.540. The maximum atomic E-state index is 12.8. The van der Waals surface area contributed by atoms with Crippen molar-refractivity contribution < 1.29 is 22.7 Å². The Kier molecular flexibility index (Phi) is 7.36. The Balaban J connectivity index is 2.89. The molecule has 1 aromatic rings. The first-order chi connectivity index (χ1) is 12.0. The van der Waals surface area contributed by atoms with Crippen molar-refractivity contribution in [3.63, 3.8) is 0 Å². The van der Waals surface area contributed by atoms with E-state index < -0.39 is 34.5 Å². The van der Waals surface area contributed by atoms with E-state index in [0.29, 0.717) is 11.1 Å². The van der Waals surface area contributed by atoms with Gasteiger partial charge in [-0.25, -0.2) is 8.42 Å². The number of terminal acetylenes is 1. The molecule has 1 aromatic carbocycles. The van der Waals surface area contributed by atoms with Crippen LogP contribution in [-0.4, -0.2) is 39.5 Å². The van der Waals surface area contributed by atoms with Gasteiger partial charge >= 0.3 is 5.97 Å². The summed E-state index contributed by atoms with van der Waals surface area (Å²) >= 11 is 0. The zero-order valence-corrected chi connectivity index (χ0v) is 16.4. The number of sulfonamides is 1. The maximum Gasteiger partial charge on any atom is 0.324 e. The van der Waals surface area contributed by atoms with Gasteiger partial charge in [0.15, 0.2) is 6.61 Å². The van der Waals surface area contributed by atoms with Crippen molar-refractivity contribution in [3.05, 3.63) is 28.3 Å². The normalized spacial score (nSPS) is 12.2. The number of hydrogen-bond donors (Lipinski definition) is 2. The van der Waals surface area contributed by atoms with E-state index >= 15 is 0 Å². The standard InChI is InChI=1S/C18H24N2O5S/c1-7-8-19-16(21)10-25-18(22)15(6)20-26(23,24)17-13(4)11(2)9-12(3)14(17)5/h1,9,15,20H,8,10H2,2-6H3,(H,19,21)/t15-/m1/s1. The molecule has 8 heteroatoms. The predicted octanol–water partition coefficient (Wildman–Crippen LogP) is 0.880. The predicted molar refractivity (Wildman–Crippen MR) is 98.0 cm³/mol. The Morgan fingerprint density at radius 1 is 1.19 bits per heavy atom. The van der Waals surface area contributed by atoms with Gasteiger partial charge in [0, 0.05) is 0 Å². The number of aryl methyl sites for hydroxylation is 2. The molecule has 0 fully saturated rings. The van der Waals surface area contributed by atoms with Crippen molar-refractivity contribution in [2.24, 2.45) is 0 Å². The van der Waals surface area contributed by atoms with Gasteiger partial charge in [0.25, 0.3) is 5.91 Å². The molecule has 0 heterocycles. The summed E-state index contributed by atoms with van der Waals surface area (Å²) in [6, 6.07) is 0.760. The smallest absolute Gasteiger partial charge is 0.324 e. The molecular formula is C18H24N2O5S. The zero-order chi connectivity index (χ0) is 20.1. The third-order valence-corrected chi connectivity index (χ3v) is 5.80. The molecule has 142 valence electrons. The van der Waals surface area contributed by atoms with Crippen molar-refractivity contribution in [2.75, 3.05) is 13.2 Å². The monoisotopic (exact) mass is 380 g/mol. The number of nitrogens with one attached hydrogen (secondary N) is 2. The third-order valence-electron chi connectivity index (χ3n) is 3.98. The van der Waals surface area contributed by atoms with E-state index in [1.165, 1.54) is 6.92 Å². The first-order valence-corrected chi connectivity index (χ1v) is 9.46. The van der Waals surface area contributed by atoms with Gasteiger partial charge in [-0.05, 0) is 56.9 Å². The molecule has 0 aliphatic rings. The van der Waals surface area contributed by atoms with Gasteiger partial charge in [0.1, 0.15) is 6.04 Å². The van der Waals surface area contributed by atoms with Crippen LogP contribution in [0.1, 0.15) is 29.2 Å². The van der Waals surface area contributed by atoms with Crippen LogP contribution in [-0.2, 0) is 24.3 Å². The Morgan fingerprint density at radius 2 is 1.73 bits per heavy atom. The zero-order valence-electron chi connectivity index (χ0n) is 15.6. The highest BCUT2D eigenvalue weighted by atomic mass is 32.2. The fraction of sp³-hybridized carbons (Fsp3) is 0.444. The summed E-state index contributed by atoms with van der Waals surface area (Å²) in [5.74, 6) is 0.794. The fourth-order valence-corrected chi connectivity index (χ4v) is 4.19. The average molecular weight is 380 g/mol. The van der Waals surface area contributed by atoms with Crippen molar-refractivity contribution in [1.82, 2.24) is 10.0 Å². The highest BCUT2D eigenvalue weighted by molar-refractivity contribution is 7.89. The number of carbonyl (C=O) groups excluding carboxylic acids is 2. The van der Waals surface area contributed by atoms with Crippen LogP contribution in [0, 0.1) is 40.0 Å². The van der Waals surface area contributed by atoms with Crippen LogP contribution in [0.5, 0.6) is 0 Å². The lowest BCUT2D eigenvalue weighted by Gasteiger charge is -2.18. The number of ether oxygens (including phenoxy) is 1. The minimum atomic E-state index is -3.94. The molecule has 0 aliphatic heterocycles. The van der Waals surface area contributed by atoms with E-state index in [2.05, 4.69) is 16.0 Å². The van der Waals surface area contributed by atoms with Gasteiger partial charge in [0.05, 0.1) is 11.4 Å². The molecule has 1 amide bonds. The van der Waals surface area contributed by atoms with Gasteiger partial charge in [-0.15, -0.1) is 6.42 Å². The summed E-state index contributed by atoms with van der Waals surface area (Å²) in [7, 11) is -3.94. The molecule has 0 aliphatic carbocycles. The van der Waals surface area contributed by atoms with Crippen LogP contribution in [0.15, 0.2) is 11.0 Å². The van der Waals surface area contributed by atoms with Crippen LogP contribution in [0.2, 0.25) is 0 Å². The summed E-state index contributed by atoms with van der Waals surface area (Å²) in [6.45, 7) is 7.93. The third kappa shape index (κ3) is 5.31. The molecular weight excluding hydrogens is 356 g/mol. The van der Waals surface area contributed by atoms with Crippen LogP contribution < -0.4 is 10.0 Å². The second-order valence-corrected chi connectivity index (χ2v) is 7.67. The molecule has 0 spiro atoms. The van der Waals surface area contributed by atoms with Crippen LogP contribution in [0.3, 0.4) is 0 Å². The summed E-state index contributed by atoms with van der Waals surface area (Å²) in [6.07, 6.45) is 5.00. The van der Waals surface area contributed by atoms with E-state index in [9.17, 15) is 18.0 Å². The number of hydrogen-bond acceptors (Lipinski definition) is 5. The number of esters is 1. The van der Waals surface area contributed by atoms with Crippen LogP contribution >= 0.6 is 0 Å². The largest absolute Gasteiger partial charge is 0.454 e. The first-order valence-electron chi connectivity index (χ1n) is 7.97. The minimum absolute atomic E-state index is 0.0177.